The van der Waals surface area contributed by atoms with Crippen LogP contribution >= 0.6 is 0 Å². The molecule has 0 aliphatic heterocycles. The third kappa shape index (κ3) is 3.12. The molecule has 2 N–H and O–H groups in total. The van der Waals surface area contributed by atoms with Gasteiger partial charge in [0.25, 0.3) is 0 Å². The van der Waals surface area contributed by atoms with E-state index >= 15 is 0 Å². The monoisotopic (exact) mass is 353 g/mol. The summed E-state index contributed by atoms with van der Waals surface area (Å²) < 4.78 is 11.0. The molecule has 2 aromatic carbocycles. The summed E-state index contributed by atoms with van der Waals surface area (Å²) in [6.45, 7) is 6.46. The first kappa shape index (κ1) is 17.9. The van der Waals surface area contributed by atoms with Gasteiger partial charge in [-0.3, -0.25) is 4.79 Å². The molecule has 3 rings (SSSR count). The molecule has 5 nitrogen and oxygen atoms in total. The van der Waals surface area contributed by atoms with Gasteiger partial charge in [-0.1, -0.05) is 12.1 Å². The highest BCUT2D eigenvalue weighted by molar-refractivity contribution is 5.97. The van der Waals surface area contributed by atoms with Gasteiger partial charge >= 0.3 is 5.97 Å². The quantitative estimate of drug-likeness (QED) is 0.685. The SMILES string of the molecule is CCOc1cc(-c2[nH]c3c(C)ccc(C)c3c2CC(=O)O)ccc1OC. The lowest BCUT2D eigenvalue weighted by atomic mass is 9.98. The summed E-state index contributed by atoms with van der Waals surface area (Å²) in [7, 11) is 1.60. The number of benzene rings is 2. The van der Waals surface area contributed by atoms with E-state index in [1.165, 1.54) is 0 Å². The molecule has 0 fully saturated rings. The molecule has 0 radical (unpaired) electrons. The third-order valence-corrected chi connectivity index (χ3v) is 4.56. The molecule has 0 bridgehead atoms. The number of aliphatic carboxylic acids is 1. The number of carboxylic acid groups (broad SMARTS) is 1. The molecule has 0 saturated carbocycles. The number of aryl methyl sites for hydroxylation is 2. The first-order chi connectivity index (χ1) is 12.5. The number of ether oxygens (including phenoxy) is 2. The average molecular weight is 353 g/mol. The standard InChI is InChI=1S/C21H23NO4/c1-5-26-17-10-14(8-9-16(17)25-4)21-15(11-18(23)24)19-12(2)6-7-13(3)20(19)22-21/h6-10,22H,5,11H2,1-4H3,(H,23,24). The molecule has 0 atom stereocenters. The molecule has 136 valence electrons. The molecular weight excluding hydrogens is 330 g/mol. The van der Waals surface area contributed by atoms with Gasteiger partial charge in [0.2, 0.25) is 0 Å². The molecule has 0 aliphatic carbocycles. The number of hydrogen-bond acceptors (Lipinski definition) is 3. The topological polar surface area (TPSA) is 71.6 Å². The van der Waals surface area contributed by atoms with Crippen LogP contribution in [0.25, 0.3) is 22.2 Å². The van der Waals surface area contributed by atoms with E-state index in [4.69, 9.17) is 9.47 Å². The number of aromatic nitrogens is 1. The van der Waals surface area contributed by atoms with Crippen molar-refractivity contribution in [1.29, 1.82) is 0 Å². The Morgan fingerprint density at radius 3 is 2.50 bits per heavy atom. The third-order valence-electron chi connectivity index (χ3n) is 4.56. The molecule has 0 saturated heterocycles. The van der Waals surface area contributed by atoms with Crippen molar-refractivity contribution in [3.05, 3.63) is 47.0 Å². The van der Waals surface area contributed by atoms with Gasteiger partial charge < -0.3 is 19.6 Å². The van der Waals surface area contributed by atoms with Crippen molar-refractivity contribution in [1.82, 2.24) is 4.98 Å². The first-order valence-electron chi connectivity index (χ1n) is 8.60. The summed E-state index contributed by atoms with van der Waals surface area (Å²) >= 11 is 0. The van der Waals surface area contributed by atoms with Crippen LogP contribution in [-0.4, -0.2) is 29.8 Å². The molecule has 0 unspecified atom stereocenters. The lowest BCUT2D eigenvalue weighted by molar-refractivity contribution is -0.136. The molecule has 1 heterocycles. The first-order valence-corrected chi connectivity index (χ1v) is 8.60. The van der Waals surface area contributed by atoms with Crippen LogP contribution in [0.4, 0.5) is 0 Å². The molecule has 5 heteroatoms. The molecule has 26 heavy (non-hydrogen) atoms. The van der Waals surface area contributed by atoms with E-state index < -0.39 is 5.97 Å². The van der Waals surface area contributed by atoms with Crippen LogP contribution in [0.5, 0.6) is 11.5 Å². The van der Waals surface area contributed by atoms with Crippen molar-refractivity contribution in [2.45, 2.75) is 27.2 Å². The maximum absolute atomic E-state index is 11.5. The van der Waals surface area contributed by atoms with Gasteiger partial charge in [0, 0.05) is 16.5 Å². The predicted molar refractivity (Wildman–Crippen MR) is 102 cm³/mol. The number of H-pyrrole nitrogens is 1. The number of hydrogen-bond donors (Lipinski definition) is 2. The molecule has 1 aromatic heterocycles. The van der Waals surface area contributed by atoms with Gasteiger partial charge in [0.15, 0.2) is 11.5 Å². The number of aromatic amines is 1. The second-order valence-electron chi connectivity index (χ2n) is 6.30. The van der Waals surface area contributed by atoms with Crippen molar-refractivity contribution in [2.24, 2.45) is 0 Å². The zero-order valence-electron chi connectivity index (χ0n) is 15.5. The Bertz CT molecular complexity index is 972. The van der Waals surface area contributed by atoms with Gasteiger partial charge in [-0.25, -0.2) is 0 Å². The Hall–Kier alpha value is -2.95. The van der Waals surface area contributed by atoms with E-state index in [1.54, 1.807) is 7.11 Å². The van der Waals surface area contributed by atoms with E-state index in [9.17, 15) is 9.90 Å². The fraction of sp³-hybridized carbons (Fsp3) is 0.286. The van der Waals surface area contributed by atoms with E-state index in [0.717, 1.165) is 38.9 Å². The predicted octanol–water partition coefficient (Wildman–Crippen LogP) is 4.49. The minimum Gasteiger partial charge on any atom is -0.493 e. The van der Waals surface area contributed by atoms with Crippen molar-refractivity contribution in [2.75, 3.05) is 13.7 Å². The Kier molecular flexibility index (Phi) is 4.89. The molecule has 3 aromatic rings. The van der Waals surface area contributed by atoms with Gasteiger partial charge in [-0.15, -0.1) is 0 Å². The highest BCUT2D eigenvalue weighted by Crippen LogP contribution is 2.38. The van der Waals surface area contributed by atoms with Crippen LogP contribution in [0.3, 0.4) is 0 Å². The van der Waals surface area contributed by atoms with Crippen LogP contribution in [0.2, 0.25) is 0 Å². The lowest BCUT2D eigenvalue weighted by Crippen LogP contribution is -2.02. The zero-order valence-corrected chi connectivity index (χ0v) is 15.5. The fourth-order valence-electron chi connectivity index (χ4n) is 3.36. The Morgan fingerprint density at radius 1 is 1.12 bits per heavy atom. The van der Waals surface area contributed by atoms with Gasteiger partial charge in [0.05, 0.1) is 25.8 Å². The van der Waals surface area contributed by atoms with Crippen molar-refractivity contribution in [3.63, 3.8) is 0 Å². The van der Waals surface area contributed by atoms with Crippen LogP contribution in [-0.2, 0) is 11.2 Å². The largest absolute Gasteiger partial charge is 0.493 e. The maximum atomic E-state index is 11.5. The second-order valence-corrected chi connectivity index (χ2v) is 6.30. The number of fused-ring (bicyclic) bond motifs is 1. The number of methoxy groups -OCH3 is 1. The smallest absolute Gasteiger partial charge is 0.307 e. The van der Waals surface area contributed by atoms with E-state index in [2.05, 4.69) is 4.98 Å². The minimum absolute atomic E-state index is 0.0460. The van der Waals surface area contributed by atoms with Gasteiger partial charge in [-0.2, -0.15) is 0 Å². The van der Waals surface area contributed by atoms with Gasteiger partial charge in [0.1, 0.15) is 0 Å². The summed E-state index contributed by atoms with van der Waals surface area (Å²) in [5.41, 5.74) is 5.60. The Morgan fingerprint density at radius 2 is 1.85 bits per heavy atom. The number of carbonyl (C=O) groups is 1. The van der Waals surface area contributed by atoms with E-state index in [1.807, 2.05) is 51.1 Å². The summed E-state index contributed by atoms with van der Waals surface area (Å²) in [5, 5.41) is 10.4. The highest BCUT2D eigenvalue weighted by atomic mass is 16.5. The van der Waals surface area contributed by atoms with Crippen LogP contribution in [0, 0.1) is 13.8 Å². The summed E-state index contributed by atoms with van der Waals surface area (Å²) in [4.78, 5) is 14.9. The Balaban J connectivity index is 2.27. The van der Waals surface area contributed by atoms with Crippen molar-refractivity contribution < 1.29 is 19.4 Å². The van der Waals surface area contributed by atoms with E-state index in [-0.39, 0.29) is 6.42 Å². The van der Waals surface area contributed by atoms with Crippen molar-refractivity contribution in [3.8, 4) is 22.8 Å². The number of nitrogens with one attached hydrogen (secondary N) is 1. The molecule has 0 spiro atoms. The molecule has 0 aliphatic rings. The highest BCUT2D eigenvalue weighted by Gasteiger charge is 2.19. The Labute approximate surface area is 152 Å². The zero-order chi connectivity index (χ0) is 18.8. The molecule has 0 amide bonds. The van der Waals surface area contributed by atoms with E-state index in [0.29, 0.717) is 18.1 Å². The van der Waals surface area contributed by atoms with Gasteiger partial charge in [-0.05, 0) is 55.7 Å². The van der Waals surface area contributed by atoms with Crippen LogP contribution < -0.4 is 9.47 Å². The average Bonchev–Trinajstić information content (AvgIpc) is 2.98. The number of rotatable bonds is 6. The summed E-state index contributed by atoms with van der Waals surface area (Å²) in [6.07, 6.45) is -0.0460. The normalized spacial score (nSPS) is 10.9. The number of carboxylic acids is 1. The summed E-state index contributed by atoms with van der Waals surface area (Å²) in [6, 6.07) is 9.73. The van der Waals surface area contributed by atoms with Crippen LogP contribution in [0.1, 0.15) is 23.6 Å². The lowest BCUT2D eigenvalue weighted by Gasteiger charge is -2.11. The summed E-state index contributed by atoms with van der Waals surface area (Å²) in [5.74, 6) is 0.436. The maximum Gasteiger partial charge on any atom is 0.307 e. The second kappa shape index (κ2) is 7.12. The van der Waals surface area contributed by atoms with Crippen molar-refractivity contribution >= 4 is 16.9 Å². The van der Waals surface area contributed by atoms with Crippen LogP contribution in [0.15, 0.2) is 30.3 Å². The minimum atomic E-state index is -0.855. The molecular formula is C21H23NO4. The fourth-order valence-corrected chi connectivity index (χ4v) is 3.36.